The summed E-state index contributed by atoms with van der Waals surface area (Å²) < 4.78 is 17.8. The van der Waals surface area contributed by atoms with Crippen molar-refractivity contribution in [2.24, 2.45) is 0 Å². The number of nitrogens with zero attached hydrogens (tertiary/aromatic N) is 4. The third-order valence-corrected chi connectivity index (χ3v) is 4.01. The van der Waals surface area contributed by atoms with E-state index in [4.69, 9.17) is 14.2 Å². The molecular formula is C19H21N5O4. The smallest absolute Gasteiger partial charge is 0.255 e. The van der Waals surface area contributed by atoms with Gasteiger partial charge in [0.1, 0.15) is 12.4 Å². The standard InChI is InChI=1S/C19H21N5O4/c1-4-24-18(21-22-23-24)12-28-15-7-5-6-13(10-15)19(25)20-14-8-9-16(26-2)17(11-14)27-3/h5-11H,4,12H2,1-3H3,(H,20,25). The van der Waals surface area contributed by atoms with E-state index in [-0.39, 0.29) is 12.5 Å². The molecule has 1 aromatic heterocycles. The minimum Gasteiger partial charge on any atom is -0.493 e. The molecule has 0 spiro atoms. The van der Waals surface area contributed by atoms with Crippen LogP contribution in [0.3, 0.4) is 0 Å². The second-order valence-electron chi connectivity index (χ2n) is 5.75. The Bertz CT molecular complexity index is 957. The summed E-state index contributed by atoms with van der Waals surface area (Å²) in [7, 11) is 3.10. The van der Waals surface area contributed by atoms with Gasteiger partial charge in [-0.25, -0.2) is 4.68 Å². The van der Waals surface area contributed by atoms with Crippen LogP contribution in [0.2, 0.25) is 0 Å². The van der Waals surface area contributed by atoms with Crippen molar-refractivity contribution in [1.29, 1.82) is 0 Å². The Morgan fingerprint density at radius 3 is 2.68 bits per heavy atom. The van der Waals surface area contributed by atoms with Crippen LogP contribution in [0.4, 0.5) is 5.69 Å². The highest BCUT2D eigenvalue weighted by molar-refractivity contribution is 6.04. The Hall–Kier alpha value is -3.62. The van der Waals surface area contributed by atoms with Crippen molar-refractivity contribution in [2.45, 2.75) is 20.1 Å². The molecule has 146 valence electrons. The van der Waals surface area contributed by atoms with Crippen LogP contribution in [-0.2, 0) is 13.2 Å². The number of anilines is 1. The van der Waals surface area contributed by atoms with E-state index in [0.717, 1.165) is 0 Å². The maximum absolute atomic E-state index is 12.6. The number of methoxy groups -OCH3 is 2. The van der Waals surface area contributed by atoms with Crippen LogP contribution in [0.1, 0.15) is 23.1 Å². The molecule has 9 nitrogen and oxygen atoms in total. The summed E-state index contributed by atoms with van der Waals surface area (Å²) in [5.41, 5.74) is 1.05. The topological polar surface area (TPSA) is 100 Å². The van der Waals surface area contributed by atoms with Crippen LogP contribution in [0, 0.1) is 0 Å². The van der Waals surface area contributed by atoms with E-state index in [1.54, 1.807) is 61.4 Å². The Labute approximate surface area is 162 Å². The summed E-state index contributed by atoms with van der Waals surface area (Å²) in [4.78, 5) is 12.6. The van der Waals surface area contributed by atoms with E-state index in [1.165, 1.54) is 0 Å². The van der Waals surface area contributed by atoms with Crippen molar-refractivity contribution in [3.05, 3.63) is 53.9 Å². The molecule has 1 N–H and O–H groups in total. The van der Waals surface area contributed by atoms with Crippen molar-refractivity contribution < 1.29 is 19.0 Å². The lowest BCUT2D eigenvalue weighted by atomic mass is 10.2. The van der Waals surface area contributed by atoms with Crippen LogP contribution >= 0.6 is 0 Å². The molecule has 0 bridgehead atoms. The lowest BCUT2D eigenvalue weighted by molar-refractivity contribution is 0.102. The average Bonchev–Trinajstić information content (AvgIpc) is 3.20. The monoisotopic (exact) mass is 383 g/mol. The maximum Gasteiger partial charge on any atom is 0.255 e. The van der Waals surface area contributed by atoms with Gasteiger partial charge in [0.25, 0.3) is 5.91 Å². The van der Waals surface area contributed by atoms with E-state index in [9.17, 15) is 4.79 Å². The molecule has 0 fully saturated rings. The van der Waals surface area contributed by atoms with Crippen LogP contribution in [0.15, 0.2) is 42.5 Å². The van der Waals surface area contributed by atoms with E-state index in [2.05, 4.69) is 20.8 Å². The Kier molecular flexibility index (Phi) is 6.05. The summed E-state index contributed by atoms with van der Waals surface area (Å²) in [5, 5.41) is 14.2. The molecule has 0 unspecified atom stereocenters. The van der Waals surface area contributed by atoms with Gasteiger partial charge < -0.3 is 19.5 Å². The van der Waals surface area contributed by atoms with E-state index in [0.29, 0.717) is 40.9 Å². The third-order valence-electron chi connectivity index (χ3n) is 4.01. The second-order valence-corrected chi connectivity index (χ2v) is 5.75. The number of ether oxygens (including phenoxy) is 3. The number of aryl methyl sites for hydroxylation is 1. The molecule has 9 heteroatoms. The molecule has 28 heavy (non-hydrogen) atoms. The van der Waals surface area contributed by atoms with E-state index >= 15 is 0 Å². The summed E-state index contributed by atoms with van der Waals surface area (Å²) in [6.07, 6.45) is 0. The number of hydrogen-bond donors (Lipinski definition) is 1. The minimum absolute atomic E-state index is 0.210. The first-order valence-corrected chi connectivity index (χ1v) is 8.66. The van der Waals surface area contributed by atoms with Gasteiger partial charge in [0.15, 0.2) is 17.3 Å². The second kappa shape index (κ2) is 8.85. The number of amides is 1. The highest BCUT2D eigenvalue weighted by Gasteiger charge is 2.11. The first kappa shape index (κ1) is 19.2. The quantitative estimate of drug-likeness (QED) is 0.638. The van der Waals surface area contributed by atoms with Gasteiger partial charge in [-0.2, -0.15) is 0 Å². The summed E-state index contributed by atoms with van der Waals surface area (Å²) in [5.74, 6) is 2.01. The zero-order valence-electron chi connectivity index (χ0n) is 15.9. The van der Waals surface area contributed by atoms with Crippen LogP contribution in [0.5, 0.6) is 17.2 Å². The van der Waals surface area contributed by atoms with Gasteiger partial charge in [-0.3, -0.25) is 4.79 Å². The Morgan fingerprint density at radius 2 is 1.93 bits per heavy atom. The van der Waals surface area contributed by atoms with Gasteiger partial charge in [0.2, 0.25) is 0 Å². The number of rotatable bonds is 8. The molecule has 0 saturated carbocycles. The number of nitrogens with one attached hydrogen (secondary N) is 1. The number of hydrogen-bond acceptors (Lipinski definition) is 7. The molecule has 1 heterocycles. The molecule has 3 aromatic rings. The molecule has 0 atom stereocenters. The van der Waals surface area contributed by atoms with E-state index in [1.807, 2.05) is 6.92 Å². The molecule has 3 rings (SSSR count). The van der Waals surface area contributed by atoms with Gasteiger partial charge in [-0.1, -0.05) is 6.07 Å². The lowest BCUT2D eigenvalue weighted by Gasteiger charge is -2.11. The van der Waals surface area contributed by atoms with Crippen molar-refractivity contribution >= 4 is 11.6 Å². The molecule has 0 aliphatic heterocycles. The van der Waals surface area contributed by atoms with Crippen molar-refractivity contribution in [3.63, 3.8) is 0 Å². The number of carbonyl (C=O) groups is 1. The normalized spacial score (nSPS) is 10.4. The Morgan fingerprint density at radius 1 is 1.11 bits per heavy atom. The fourth-order valence-corrected chi connectivity index (χ4v) is 2.56. The molecular weight excluding hydrogens is 362 g/mol. The van der Waals surface area contributed by atoms with Gasteiger partial charge in [-0.15, -0.1) is 5.10 Å². The number of carbonyl (C=O) groups excluding carboxylic acids is 1. The van der Waals surface area contributed by atoms with Crippen molar-refractivity contribution in [3.8, 4) is 17.2 Å². The van der Waals surface area contributed by atoms with Crippen LogP contribution in [0.25, 0.3) is 0 Å². The lowest BCUT2D eigenvalue weighted by Crippen LogP contribution is -2.12. The first-order chi connectivity index (χ1) is 13.6. The van der Waals surface area contributed by atoms with Crippen LogP contribution < -0.4 is 19.5 Å². The van der Waals surface area contributed by atoms with Crippen molar-refractivity contribution in [1.82, 2.24) is 20.2 Å². The summed E-state index contributed by atoms with van der Waals surface area (Å²) in [6, 6.07) is 12.1. The van der Waals surface area contributed by atoms with Gasteiger partial charge >= 0.3 is 0 Å². The molecule has 0 aliphatic rings. The largest absolute Gasteiger partial charge is 0.493 e. The van der Waals surface area contributed by atoms with Gasteiger partial charge in [0.05, 0.1) is 14.2 Å². The first-order valence-electron chi connectivity index (χ1n) is 8.66. The number of tetrazole rings is 1. The molecule has 0 saturated heterocycles. The van der Waals surface area contributed by atoms with Crippen LogP contribution in [-0.4, -0.2) is 40.3 Å². The molecule has 0 radical (unpaired) electrons. The highest BCUT2D eigenvalue weighted by atomic mass is 16.5. The van der Waals surface area contributed by atoms with Gasteiger partial charge in [0, 0.05) is 23.9 Å². The Balaban J connectivity index is 1.68. The summed E-state index contributed by atoms with van der Waals surface area (Å²) in [6.45, 7) is 2.81. The average molecular weight is 383 g/mol. The van der Waals surface area contributed by atoms with Crippen molar-refractivity contribution in [2.75, 3.05) is 19.5 Å². The minimum atomic E-state index is -0.268. The van der Waals surface area contributed by atoms with E-state index < -0.39 is 0 Å². The zero-order chi connectivity index (χ0) is 19.9. The number of benzene rings is 2. The molecule has 0 aliphatic carbocycles. The number of aromatic nitrogens is 4. The third kappa shape index (κ3) is 4.37. The predicted octanol–water partition coefficient (Wildman–Crippen LogP) is 2.54. The SMILES string of the molecule is CCn1nnnc1COc1cccc(C(=O)Nc2ccc(OC)c(OC)c2)c1. The fourth-order valence-electron chi connectivity index (χ4n) is 2.56. The molecule has 2 aromatic carbocycles. The fraction of sp³-hybridized carbons (Fsp3) is 0.263. The predicted molar refractivity (Wildman–Crippen MR) is 102 cm³/mol. The zero-order valence-corrected chi connectivity index (χ0v) is 15.9. The molecule has 1 amide bonds. The van der Waals surface area contributed by atoms with Gasteiger partial charge in [-0.05, 0) is 47.7 Å². The summed E-state index contributed by atoms with van der Waals surface area (Å²) >= 11 is 0. The maximum atomic E-state index is 12.6. The highest BCUT2D eigenvalue weighted by Crippen LogP contribution is 2.30.